The molecule has 0 radical (unpaired) electrons. The quantitative estimate of drug-likeness (QED) is 0.592. The third-order valence-electron chi connectivity index (χ3n) is 1.25. The monoisotopic (exact) mass is 140 g/mol. The predicted octanol–water partition coefficient (Wildman–Crippen LogP) is 0.967. The first kappa shape index (κ1) is 9.24. The normalized spacial score (nSPS) is 12.2. The van der Waals surface area contributed by atoms with Crippen molar-refractivity contribution in [3.05, 3.63) is 23.9 Å². The van der Waals surface area contributed by atoms with Crippen molar-refractivity contribution in [2.24, 2.45) is 5.73 Å². The minimum Gasteiger partial charge on any atom is -0.399 e. The summed E-state index contributed by atoms with van der Waals surface area (Å²) < 4.78 is 0. The second-order valence-corrected chi connectivity index (χ2v) is 2.58. The number of likely N-dealkylation sites (N-methyl/N-ethyl adjacent to an activating group) is 1. The van der Waals surface area contributed by atoms with Gasteiger partial charge in [0.25, 0.3) is 0 Å². The van der Waals surface area contributed by atoms with E-state index in [-0.39, 0.29) is 0 Å². The molecule has 0 aromatic rings. The van der Waals surface area contributed by atoms with Crippen LogP contribution < -0.4 is 5.73 Å². The lowest BCUT2D eigenvalue weighted by Crippen LogP contribution is -2.18. The Morgan fingerprint density at radius 3 is 2.20 bits per heavy atom. The lowest BCUT2D eigenvalue weighted by atomic mass is 10.2. The van der Waals surface area contributed by atoms with Crippen LogP contribution in [0.2, 0.25) is 0 Å². The van der Waals surface area contributed by atoms with Gasteiger partial charge < -0.3 is 10.6 Å². The van der Waals surface area contributed by atoms with E-state index >= 15 is 0 Å². The van der Waals surface area contributed by atoms with E-state index in [1.165, 1.54) is 0 Å². The highest BCUT2D eigenvalue weighted by molar-refractivity contribution is 5.25. The van der Waals surface area contributed by atoms with Crippen LogP contribution in [0.1, 0.15) is 6.92 Å². The molecule has 0 aliphatic rings. The van der Waals surface area contributed by atoms with Gasteiger partial charge in [-0.15, -0.1) is 0 Å². The molecule has 0 amide bonds. The van der Waals surface area contributed by atoms with Crippen LogP contribution in [0.4, 0.5) is 0 Å². The standard InChI is InChI=1S/C8H16N2/c1-5-8(7(2)9)6-10(3)4/h5H,2,6,9H2,1,3-4H3/b8-5+. The van der Waals surface area contributed by atoms with Crippen molar-refractivity contribution in [2.45, 2.75) is 6.92 Å². The van der Waals surface area contributed by atoms with Gasteiger partial charge in [0.05, 0.1) is 0 Å². The van der Waals surface area contributed by atoms with Gasteiger partial charge in [-0.2, -0.15) is 0 Å². The molecule has 0 aliphatic heterocycles. The Morgan fingerprint density at radius 1 is 1.60 bits per heavy atom. The number of hydrogen-bond donors (Lipinski definition) is 1. The maximum Gasteiger partial charge on any atom is 0.0283 e. The first-order valence-electron chi connectivity index (χ1n) is 3.32. The van der Waals surface area contributed by atoms with Gasteiger partial charge in [0.1, 0.15) is 0 Å². The van der Waals surface area contributed by atoms with Gasteiger partial charge in [0.15, 0.2) is 0 Å². The zero-order valence-corrected chi connectivity index (χ0v) is 7.02. The number of nitrogens with zero attached hydrogens (tertiary/aromatic N) is 1. The third kappa shape index (κ3) is 3.30. The molecule has 0 aromatic carbocycles. The van der Waals surface area contributed by atoms with Crippen molar-refractivity contribution in [3.8, 4) is 0 Å². The average Bonchev–Trinajstić information content (AvgIpc) is 1.81. The van der Waals surface area contributed by atoms with E-state index in [1.807, 2.05) is 27.1 Å². The molecule has 0 spiro atoms. The number of allylic oxidation sites excluding steroid dienone is 1. The van der Waals surface area contributed by atoms with E-state index in [0.29, 0.717) is 5.70 Å². The zero-order chi connectivity index (χ0) is 8.15. The Labute approximate surface area is 63.0 Å². The second kappa shape index (κ2) is 4.12. The fourth-order valence-electron chi connectivity index (χ4n) is 0.719. The molecule has 2 heteroatoms. The van der Waals surface area contributed by atoms with Gasteiger partial charge in [-0.25, -0.2) is 0 Å². The summed E-state index contributed by atoms with van der Waals surface area (Å²) in [6, 6.07) is 0. The van der Waals surface area contributed by atoms with Crippen molar-refractivity contribution in [3.63, 3.8) is 0 Å². The Hall–Kier alpha value is -0.760. The molecular formula is C8H16N2. The highest BCUT2D eigenvalue weighted by atomic mass is 15.1. The highest BCUT2D eigenvalue weighted by Gasteiger charge is 1.97. The van der Waals surface area contributed by atoms with Crippen LogP contribution in [0.25, 0.3) is 0 Å². The summed E-state index contributed by atoms with van der Waals surface area (Å²) in [6.07, 6.45) is 1.99. The van der Waals surface area contributed by atoms with Crippen LogP contribution in [0, 0.1) is 0 Å². The van der Waals surface area contributed by atoms with Gasteiger partial charge in [-0.1, -0.05) is 12.7 Å². The maximum absolute atomic E-state index is 5.51. The van der Waals surface area contributed by atoms with Crippen LogP contribution in [-0.4, -0.2) is 25.5 Å². The SMILES string of the molecule is C=C(N)/C(=C/C)CN(C)C. The molecule has 2 nitrogen and oxygen atoms in total. The Bertz CT molecular complexity index is 145. The first-order chi connectivity index (χ1) is 4.57. The van der Waals surface area contributed by atoms with Crippen molar-refractivity contribution < 1.29 is 0 Å². The largest absolute Gasteiger partial charge is 0.399 e. The molecule has 2 N–H and O–H groups in total. The van der Waals surface area contributed by atoms with E-state index in [4.69, 9.17) is 5.73 Å². The fourth-order valence-corrected chi connectivity index (χ4v) is 0.719. The molecular weight excluding hydrogens is 124 g/mol. The highest BCUT2D eigenvalue weighted by Crippen LogP contribution is 2.01. The van der Waals surface area contributed by atoms with Crippen LogP contribution in [-0.2, 0) is 0 Å². The van der Waals surface area contributed by atoms with E-state index < -0.39 is 0 Å². The summed E-state index contributed by atoms with van der Waals surface area (Å²) in [5.74, 6) is 0. The van der Waals surface area contributed by atoms with Gasteiger partial charge in [-0.3, -0.25) is 0 Å². The molecule has 0 rings (SSSR count). The van der Waals surface area contributed by atoms with Crippen molar-refractivity contribution >= 4 is 0 Å². The molecule has 10 heavy (non-hydrogen) atoms. The second-order valence-electron chi connectivity index (χ2n) is 2.58. The maximum atomic E-state index is 5.51. The Kier molecular flexibility index (Phi) is 3.81. The van der Waals surface area contributed by atoms with Gasteiger partial charge in [-0.05, 0) is 26.6 Å². The summed E-state index contributed by atoms with van der Waals surface area (Å²) in [6.45, 7) is 6.50. The number of rotatable bonds is 3. The molecule has 0 bridgehead atoms. The van der Waals surface area contributed by atoms with Crippen LogP contribution in [0.3, 0.4) is 0 Å². The lowest BCUT2D eigenvalue weighted by molar-refractivity contribution is 0.446. The lowest BCUT2D eigenvalue weighted by Gasteiger charge is -2.12. The summed E-state index contributed by atoms with van der Waals surface area (Å²) in [4.78, 5) is 2.06. The first-order valence-corrected chi connectivity index (χ1v) is 3.32. The fraction of sp³-hybridized carbons (Fsp3) is 0.500. The summed E-state index contributed by atoms with van der Waals surface area (Å²) in [5, 5.41) is 0. The Balaban J connectivity index is 3.99. The molecule has 0 unspecified atom stereocenters. The van der Waals surface area contributed by atoms with Gasteiger partial charge in [0, 0.05) is 12.2 Å². The molecule has 58 valence electrons. The van der Waals surface area contributed by atoms with Crippen molar-refractivity contribution in [1.82, 2.24) is 4.90 Å². The average molecular weight is 140 g/mol. The van der Waals surface area contributed by atoms with E-state index in [1.54, 1.807) is 0 Å². The predicted molar refractivity (Wildman–Crippen MR) is 45.6 cm³/mol. The third-order valence-corrected chi connectivity index (χ3v) is 1.25. The van der Waals surface area contributed by atoms with E-state index in [0.717, 1.165) is 12.1 Å². The Morgan fingerprint density at radius 2 is 2.10 bits per heavy atom. The number of nitrogens with two attached hydrogens (primary N) is 1. The van der Waals surface area contributed by atoms with Gasteiger partial charge >= 0.3 is 0 Å². The van der Waals surface area contributed by atoms with Gasteiger partial charge in [0.2, 0.25) is 0 Å². The van der Waals surface area contributed by atoms with Crippen LogP contribution in [0.5, 0.6) is 0 Å². The smallest absolute Gasteiger partial charge is 0.0283 e. The molecule has 0 fully saturated rings. The molecule has 0 heterocycles. The topological polar surface area (TPSA) is 29.3 Å². The van der Waals surface area contributed by atoms with Crippen LogP contribution >= 0.6 is 0 Å². The zero-order valence-electron chi connectivity index (χ0n) is 7.02. The molecule has 0 saturated heterocycles. The summed E-state index contributed by atoms with van der Waals surface area (Å²) >= 11 is 0. The minimum absolute atomic E-state index is 0.663. The van der Waals surface area contributed by atoms with Crippen molar-refractivity contribution in [2.75, 3.05) is 20.6 Å². The minimum atomic E-state index is 0.663. The van der Waals surface area contributed by atoms with Crippen molar-refractivity contribution in [1.29, 1.82) is 0 Å². The van der Waals surface area contributed by atoms with E-state index in [9.17, 15) is 0 Å². The molecule has 0 aliphatic carbocycles. The summed E-state index contributed by atoms with van der Waals surface area (Å²) in [5.41, 5.74) is 7.27. The summed E-state index contributed by atoms with van der Waals surface area (Å²) in [7, 11) is 4.01. The van der Waals surface area contributed by atoms with Crippen LogP contribution in [0.15, 0.2) is 23.9 Å². The number of hydrogen-bond acceptors (Lipinski definition) is 2. The molecule has 0 aromatic heterocycles. The molecule has 0 saturated carbocycles. The van der Waals surface area contributed by atoms with E-state index in [2.05, 4.69) is 11.5 Å². The molecule has 0 atom stereocenters.